The Balaban J connectivity index is 1.40. The Hall–Kier alpha value is -2.86. The van der Waals surface area contributed by atoms with Crippen molar-refractivity contribution in [3.63, 3.8) is 0 Å². The van der Waals surface area contributed by atoms with E-state index in [2.05, 4.69) is 29.2 Å². The maximum absolute atomic E-state index is 12.9. The SMILES string of the molecule is CC(C)N1CCC(NC(=O)Oc2cc3cc(S(C)(=O)=O)ccc3n2Cc2cc(-c3ccc(Cl)s3)on2)CC1. The van der Waals surface area contributed by atoms with E-state index in [1.165, 1.54) is 11.3 Å². The lowest BCUT2D eigenvalue weighted by atomic mass is 10.0. The normalized spacial score (nSPS) is 15.4. The first-order valence-corrected chi connectivity index (χ1v) is 15.4. The van der Waals surface area contributed by atoms with Crippen LogP contribution in [-0.4, -0.2) is 60.6 Å². The molecule has 202 valence electrons. The Morgan fingerprint density at radius 1 is 1.21 bits per heavy atom. The number of rotatable bonds is 7. The first kappa shape index (κ1) is 26.7. The van der Waals surface area contributed by atoms with Crippen molar-refractivity contribution in [3.05, 3.63) is 52.5 Å². The Kier molecular flexibility index (Phi) is 7.54. The first-order chi connectivity index (χ1) is 18.1. The number of sulfone groups is 1. The third-order valence-corrected chi connectivity index (χ3v) is 9.09. The monoisotopic (exact) mass is 576 g/mol. The molecule has 38 heavy (non-hydrogen) atoms. The number of hydrogen-bond acceptors (Lipinski definition) is 8. The van der Waals surface area contributed by atoms with Gasteiger partial charge in [-0.15, -0.1) is 11.3 Å². The van der Waals surface area contributed by atoms with Crippen LogP contribution in [0.3, 0.4) is 0 Å². The Bertz CT molecular complexity index is 1570. The standard InChI is InChI=1S/C26H29ClN4O5S2/c1-16(2)30-10-8-18(9-11-30)28-26(32)35-25-13-17-12-20(38(3,33)34)4-5-21(17)31(25)15-19-14-22(36-29-19)23-6-7-24(27)37-23/h4-7,12-14,16,18H,8-11,15H2,1-3H3,(H,28,32). The fourth-order valence-electron chi connectivity index (χ4n) is 4.66. The average molecular weight is 577 g/mol. The zero-order chi connectivity index (χ0) is 27.0. The number of aromatic nitrogens is 2. The molecule has 1 amide bonds. The van der Waals surface area contributed by atoms with Crippen LogP contribution in [0.4, 0.5) is 4.79 Å². The van der Waals surface area contributed by atoms with Gasteiger partial charge in [0.2, 0.25) is 5.88 Å². The fourth-order valence-corrected chi connectivity index (χ4v) is 6.31. The van der Waals surface area contributed by atoms with Crippen molar-refractivity contribution in [1.82, 2.24) is 19.9 Å². The lowest BCUT2D eigenvalue weighted by Gasteiger charge is -2.34. The van der Waals surface area contributed by atoms with E-state index in [1.54, 1.807) is 34.9 Å². The number of fused-ring (bicyclic) bond motifs is 1. The van der Waals surface area contributed by atoms with E-state index in [4.69, 9.17) is 20.9 Å². The molecule has 12 heteroatoms. The van der Waals surface area contributed by atoms with Gasteiger partial charge in [-0.25, -0.2) is 13.2 Å². The third kappa shape index (κ3) is 5.90. The number of piperidine rings is 1. The minimum atomic E-state index is -3.41. The summed E-state index contributed by atoms with van der Waals surface area (Å²) in [4.78, 5) is 16.3. The van der Waals surface area contributed by atoms with Crippen LogP contribution in [0, 0.1) is 0 Å². The van der Waals surface area contributed by atoms with Crippen LogP contribution in [0.1, 0.15) is 32.4 Å². The fraction of sp³-hybridized carbons (Fsp3) is 0.385. The highest BCUT2D eigenvalue weighted by Gasteiger charge is 2.24. The van der Waals surface area contributed by atoms with E-state index in [1.807, 2.05) is 12.1 Å². The average Bonchev–Trinajstić information content (AvgIpc) is 3.58. The molecule has 1 aliphatic heterocycles. The van der Waals surface area contributed by atoms with Crippen molar-refractivity contribution >= 4 is 49.8 Å². The van der Waals surface area contributed by atoms with Crippen LogP contribution in [0.5, 0.6) is 5.88 Å². The molecule has 1 aromatic carbocycles. The van der Waals surface area contributed by atoms with Gasteiger partial charge in [0, 0.05) is 48.9 Å². The quantitative estimate of drug-likeness (QED) is 0.313. The van der Waals surface area contributed by atoms with Crippen LogP contribution < -0.4 is 10.1 Å². The summed E-state index contributed by atoms with van der Waals surface area (Å²) in [5.41, 5.74) is 1.31. The topological polar surface area (TPSA) is 107 Å². The molecule has 0 bridgehead atoms. The number of hydrogen-bond donors (Lipinski definition) is 1. The van der Waals surface area contributed by atoms with Gasteiger partial charge < -0.3 is 24.0 Å². The van der Waals surface area contributed by atoms with Gasteiger partial charge in [-0.2, -0.15) is 0 Å². The van der Waals surface area contributed by atoms with E-state index in [-0.39, 0.29) is 23.4 Å². The smallest absolute Gasteiger partial charge is 0.393 e. The molecule has 0 aliphatic carbocycles. The molecule has 5 rings (SSSR count). The molecule has 0 unspecified atom stereocenters. The largest absolute Gasteiger partial charge is 0.414 e. The number of amides is 1. The molecule has 1 N–H and O–H groups in total. The number of nitrogens with zero attached hydrogens (tertiary/aromatic N) is 3. The third-order valence-electron chi connectivity index (χ3n) is 6.74. The molecule has 0 radical (unpaired) electrons. The highest BCUT2D eigenvalue weighted by Crippen LogP contribution is 2.33. The molecule has 4 heterocycles. The zero-order valence-electron chi connectivity index (χ0n) is 21.3. The Labute approximate surface area is 230 Å². The van der Waals surface area contributed by atoms with Gasteiger partial charge >= 0.3 is 6.09 Å². The lowest BCUT2D eigenvalue weighted by molar-refractivity contribution is 0.151. The number of thiophene rings is 1. The van der Waals surface area contributed by atoms with Crippen molar-refractivity contribution < 1.29 is 22.5 Å². The number of nitrogens with one attached hydrogen (secondary N) is 1. The first-order valence-electron chi connectivity index (χ1n) is 12.3. The van der Waals surface area contributed by atoms with E-state index in [0.717, 1.165) is 37.1 Å². The molecule has 3 aromatic heterocycles. The molecule has 0 spiro atoms. The Morgan fingerprint density at radius 2 is 1.97 bits per heavy atom. The van der Waals surface area contributed by atoms with E-state index < -0.39 is 15.9 Å². The molecule has 0 saturated carbocycles. The molecular weight excluding hydrogens is 548 g/mol. The summed E-state index contributed by atoms with van der Waals surface area (Å²) in [6.45, 7) is 6.43. The summed E-state index contributed by atoms with van der Waals surface area (Å²) < 4.78 is 38.0. The van der Waals surface area contributed by atoms with Crippen LogP contribution >= 0.6 is 22.9 Å². The summed E-state index contributed by atoms with van der Waals surface area (Å²) in [6.07, 6.45) is 2.31. The highest BCUT2D eigenvalue weighted by atomic mass is 35.5. The predicted molar refractivity (Wildman–Crippen MR) is 148 cm³/mol. The van der Waals surface area contributed by atoms with Gasteiger partial charge in [-0.05, 0) is 57.0 Å². The molecule has 1 saturated heterocycles. The van der Waals surface area contributed by atoms with Crippen molar-refractivity contribution in [2.45, 2.75) is 50.2 Å². The van der Waals surface area contributed by atoms with Crippen LogP contribution in [0.15, 0.2) is 51.9 Å². The predicted octanol–water partition coefficient (Wildman–Crippen LogP) is 5.42. The van der Waals surface area contributed by atoms with Gasteiger partial charge in [0.1, 0.15) is 5.69 Å². The molecule has 1 fully saturated rings. The number of benzene rings is 1. The Morgan fingerprint density at radius 3 is 2.63 bits per heavy atom. The molecule has 4 aromatic rings. The number of ether oxygens (including phenoxy) is 1. The summed E-state index contributed by atoms with van der Waals surface area (Å²) in [7, 11) is -3.41. The van der Waals surface area contributed by atoms with Crippen molar-refractivity contribution in [2.75, 3.05) is 19.3 Å². The van der Waals surface area contributed by atoms with Gasteiger partial charge in [0.05, 0.1) is 26.2 Å². The van der Waals surface area contributed by atoms with E-state index in [9.17, 15) is 13.2 Å². The molecule has 0 atom stereocenters. The maximum atomic E-state index is 12.9. The zero-order valence-corrected chi connectivity index (χ0v) is 23.7. The second-order valence-electron chi connectivity index (χ2n) is 9.79. The number of halogens is 1. The maximum Gasteiger partial charge on any atom is 0.414 e. The summed E-state index contributed by atoms with van der Waals surface area (Å²) in [5, 5.41) is 7.80. The second kappa shape index (κ2) is 10.7. The number of likely N-dealkylation sites (tertiary alicyclic amines) is 1. The molecule has 1 aliphatic rings. The number of carbonyl (C=O) groups is 1. The summed E-state index contributed by atoms with van der Waals surface area (Å²) in [6, 6.07) is 12.5. The minimum Gasteiger partial charge on any atom is -0.393 e. The van der Waals surface area contributed by atoms with Crippen molar-refractivity contribution in [3.8, 4) is 16.5 Å². The van der Waals surface area contributed by atoms with Gasteiger partial charge in [-0.1, -0.05) is 16.8 Å². The molecule has 9 nitrogen and oxygen atoms in total. The summed E-state index contributed by atoms with van der Waals surface area (Å²) >= 11 is 7.44. The van der Waals surface area contributed by atoms with Crippen LogP contribution in [0.2, 0.25) is 4.34 Å². The van der Waals surface area contributed by atoms with Gasteiger partial charge in [0.25, 0.3) is 0 Å². The van der Waals surface area contributed by atoms with Crippen molar-refractivity contribution in [1.29, 1.82) is 0 Å². The minimum absolute atomic E-state index is 0.0304. The van der Waals surface area contributed by atoms with Crippen molar-refractivity contribution in [2.24, 2.45) is 0 Å². The van der Waals surface area contributed by atoms with Crippen LogP contribution in [-0.2, 0) is 16.4 Å². The van der Waals surface area contributed by atoms with Crippen LogP contribution in [0.25, 0.3) is 21.5 Å². The van der Waals surface area contributed by atoms with E-state index in [0.29, 0.717) is 32.7 Å². The second-order valence-corrected chi connectivity index (χ2v) is 13.5. The van der Waals surface area contributed by atoms with Gasteiger partial charge in [0.15, 0.2) is 15.6 Å². The summed E-state index contributed by atoms with van der Waals surface area (Å²) in [5.74, 6) is 0.868. The molecular formula is C26H29ClN4O5S2. The van der Waals surface area contributed by atoms with Gasteiger partial charge in [-0.3, -0.25) is 0 Å². The van der Waals surface area contributed by atoms with E-state index >= 15 is 0 Å². The number of carbonyl (C=O) groups excluding carboxylic acids is 1. The highest BCUT2D eigenvalue weighted by molar-refractivity contribution is 7.90. The lowest BCUT2D eigenvalue weighted by Crippen LogP contribution is -2.47.